The summed E-state index contributed by atoms with van der Waals surface area (Å²) in [6, 6.07) is 24.1. The van der Waals surface area contributed by atoms with Gasteiger partial charge in [-0.25, -0.2) is 20.2 Å². The monoisotopic (exact) mass is 441 g/mol. The largest absolute Gasteiger partial charge is 0.494 e. The van der Waals surface area contributed by atoms with Gasteiger partial charge in [0.05, 0.1) is 31.0 Å². The van der Waals surface area contributed by atoms with Crippen molar-refractivity contribution in [3.05, 3.63) is 90.0 Å². The lowest BCUT2D eigenvalue weighted by molar-refractivity contribution is 0.0963. The molecule has 0 atom stereocenters. The number of rotatable bonds is 4. The number of carbonyl (C=O) groups is 2. The van der Waals surface area contributed by atoms with Gasteiger partial charge in [-0.2, -0.15) is 0 Å². The second-order valence-corrected chi connectivity index (χ2v) is 7.28. The summed E-state index contributed by atoms with van der Waals surface area (Å²) in [7, 11) is 2.74. The van der Waals surface area contributed by atoms with Gasteiger partial charge in [-0.3, -0.25) is 4.79 Å². The predicted molar refractivity (Wildman–Crippen MR) is 127 cm³/mol. The molecule has 0 aliphatic carbocycles. The zero-order valence-electron chi connectivity index (χ0n) is 18.5. The Kier molecular flexibility index (Phi) is 6.22. The molecule has 0 aliphatic rings. The number of amides is 2. The van der Waals surface area contributed by atoms with Crippen molar-refractivity contribution in [2.45, 2.75) is 6.92 Å². The summed E-state index contributed by atoms with van der Waals surface area (Å²) in [6.07, 6.45) is -0.771. The highest BCUT2D eigenvalue weighted by atomic mass is 16.5. The molecule has 1 heterocycles. The SMILES string of the molecule is COC(=O)NN(C(=O)c1c(OC)c(-c2ccccc2)nc2ccccc12)c1ccccc1C. The van der Waals surface area contributed by atoms with Gasteiger partial charge in [0.15, 0.2) is 5.75 Å². The number of nitrogens with zero attached hydrogens (tertiary/aromatic N) is 2. The molecule has 2 amide bonds. The number of ether oxygens (including phenoxy) is 2. The van der Waals surface area contributed by atoms with E-state index in [-0.39, 0.29) is 5.56 Å². The van der Waals surface area contributed by atoms with E-state index in [1.807, 2.05) is 67.6 Å². The van der Waals surface area contributed by atoms with Crippen LogP contribution in [0.4, 0.5) is 10.5 Å². The van der Waals surface area contributed by atoms with E-state index < -0.39 is 12.0 Å². The van der Waals surface area contributed by atoms with Crippen LogP contribution in [0.2, 0.25) is 0 Å². The first-order valence-corrected chi connectivity index (χ1v) is 10.3. The van der Waals surface area contributed by atoms with E-state index in [0.717, 1.165) is 11.1 Å². The Morgan fingerprint density at radius 1 is 0.879 bits per heavy atom. The Morgan fingerprint density at radius 3 is 2.24 bits per heavy atom. The first-order chi connectivity index (χ1) is 16.0. The zero-order chi connectivity index (χ0) is 23.4. The molecule has 0 unspecified atom stereocenters. The molecule has 4 rings (SSSR count). The van der Waals surface area contributed by atoms with Gasteiger partial charge in [0.1, 0.15) is 5.69 Å². The normalized spacial score (nSPS) is 10.5. The molecule has 0 spiro atoms. The van der Waals surface area contributed by atoms with Gasteiger partial charge in [0, 0.05) is 10.9 Å². The summed E-state index contributed by atoms with van der Waals surface area (Å²) in [5.41, 5.74) is 6.09. The quantitative estimate of drug-likeness (QED) is 0.444. The molecule has 0 saturated carbocycles. The first-order valence-electron chi connectivity index (χ1n) is 10.3. The summed E-state index contributed by atoms with van der Waals surface area (Å²) in [6.45, 7) is 1.85. The number of carbonyl (C=O) groups excluding carboxylic acids is 2. The highest BCUT2D eigenvalue weighted by Crippen LogP contribution is 2.37. The fraction of sp³-hybridized carbons (Fsp3) is 0.115. The van der Waals surface area contributed by atoms with Crippen LogP contribution < -0.4 is 15.2 Å². The summed E-state index contributed by atoms with van der Waals surface area (Å²) < 4.78 is 10.5. The van der Waals surface area contributed by atoms with Crippen LogP contribution >= 0.6 is 0 Å². The van der Waals surface area contributed by atoms with E-state index in [1.165, 1.54) is 19.2 Å². The van der Waals surface area contributed by atoms with E-state index in [4.69, 9.17) is 14.5 Å². The molecule has 4 aromatic rings. The van der Waals surface area contributed by atoms with Crippen LogP contribution in [0.1, 0.15) is 15.9 Å². The van der Waals surface area contributed by atoms with Gasteiger partial charge in [-0.05, 0) is 24.6 Å². The van der Waals surface area contributed by atoms with Crippen LogP contribution in [0, 0.1) is 6.92 Å². The molecule has 1 aromatic heterocycles. The highest BCUT2D eigenvalue weighted by Gasteiger charge is 2.29. The number of hydrogen-bond donors (Lipinski definition) is 1. The molecule has 3 aromatic carbocycles. The van der Waals surface area contributed by atoms with Gasteiger partial charge in [0.25, 0.3) is 5.91 Å². The maximum Gasteiger partial charge on any atom is 0.426 e. The lowest BCUT2D eigenvalue weighted by Crippen LogP contribution is -2.47. The van der Waals surface area contributed by atoms with Crippen molar-refractivity contribution >= 4 is 28.6 Å². The smallest absolute Gasteiger partial charge is 0.426 e. The van der Waals surface area contributed by atoms with Crippen LogP contribution in [0.5, 0.6) is 5.75 Å². The van der Waals surface area contributed by atoms with Crippen LogP contribution in [0.15, 0.2) is 78.9 Å². The molecular weight excluding hydrogens is 418 g/mol. The molecule has 0 aliphatic heterocycles. The number of hydrogen-bond acceptors (Lipinski definition) is 5. The van der Waals surface area contributed by atoms with E-state index in [1.54, 1.807) is 18.2 Å². The number of fused-ring (bicyclic) bond motifs is 1. The third-order valence-corrected chi connectivity index (χ3v) is 5.26. The molecule has 1 N–H and O–H groups in total. The van der Waals surface area contributed by atoms with Crippen LogP contribution in [0.3, 0.4) is 0 Å². The van der Waals surface area contributed by atoms with Crippen LogP contribution in [-0.4, -0.2) is 31.2 Å². The first kappa shape index (κ1) is 21.8. The molecule has 0 bridgehead atoms. The average Bonchev–Trinajstić information content (AvgIpc) is 2.86. The molecule has 0 radical (unpaired) electrons. The number of methoxy groups -OCH3 is 2. The highest BCUT2D eigenvalue weighted by molar-refractivity contribution is 6.17. The van der Waals surface area contributed by atoms with Crippen molar-refractivity contribution in [2.75, 3.05) is 19.2 Å². The summed E-state index contributed by atoms with van der Waals surface area (Å²) in [4.78, 5) is 31.0. The van der Waals surface area contributed by atoms with Crippen molar-refractivity contribution < 1.29 is 19.1 Å². The Labute approximate surface area is 191 Å². The average molecular weight is 441 g/mol. The standard InChI is InChI=1S/C26H23N3O4/c1-17-11-7-10-16-21(17)29(28-26(31)33-3)25(30)22-19-14-8-9-15-20(19)27-23(24(22)32-2)18-12-5-4-6-13-18/h4-16H,1-3H3,(H,28,31). The summed E-state index contributed by atoms with van der Waals surface area (Å²) in [5.74, 6) is -0.169. The number of nitrogens with one attached hydrogen (secondary N) is 1. The fourth-order valence-electron chi connectivity index (χ4n) is 3.68. The third-order valence-electron chi connectivity index (χ3n) is 5.26. The van der Waals surface area contributed by atoms with Gasteiger partial charge in [-0.15, -0.1) is 0 Å². The molecule has 166 valence electrons. The maximum absolute atomic E-state index is 14.1. The molecule has 7 nitrogen and oxygen atoms in total. The molecule has 7 heteroatoms. The van der Waals surface area contributed by atoms with Gasteiger partial charge >= 0.3 is 6.09 Å². The molecule has 33 heavy (non-hydrogen) atoms. The Hall–Kier alpha value is -4.39. The van der Waals surface area contributed by atoms with Gasteiger partial charge < -0.3 is 9.47 Å². The number of hydrazine groups is 1. The van der Waals surface area contributed by atoms with Crippen LogP contribution in [0.25, 0.3) is 22.2 Å². The minimum atomic E-state index is -0.771. The number of aromatic nitrogens is 1. The number of benzene rings is 3. The van der Waals surface area contributed by atoms with Crippen molar-refractivity contribution in [3.8, 4) is 17.0 Å². The van der Waals surface area contributed by atoms with E-state index in [2.05, 4.69) is 5.43 Å². The number of pyridine rings is 1. The minimum Gasteiger partial charge on any atom is -0.494 e. The molecule has 0 fully saturated rings. The van der Waals surface area contributed by atoms with Crippen LogP contribution in [-0.2, 0) is 4.74 Å². The minimum absolute atomic E-state index is 0.279. The van der Waals surface area contributed by atoms with Gasteiger partial charge in [0.2, 0.25) is 0 Å². The third kappa shape index (κ3) is 4.21. The lowest BCUT2D eigenvalue weighted by atomic mass is 10.0. The topological polar surface area (TPSA) is 80.8 Å². The van der Waals surface area contributed by atoms with Crippen molar-refractivity contribution in [3.63, 3.8) is 0 Å². The number of para-hydroxylation sites is 2. The van der Waals surface area contributed by atoms with E-state index in [9.17, 15) is 9.59 Å². The fourth-order valence-corrected chi connectivity index (χ4v) is 3.68. The predicted octanol–water partition coefficient (Wildman–Crippen LogP) is 5.14. The Morgan fingerprint density at radius 2 is 1.55 bits per heavy atom. The summed E-state index contributed by atoms with van der Waals surface area (Å²) in [5, 5.41) is 1.78. The number of aryl methyl sites for hydroxylation is 1. The number of anilines is 1. The van der Waals surface area contributed by atoms with Crippen molar-refractivity contribution in [1.29, 1.82) is 0 Å². The molecular formula is C26H23N3O4. The van der Waals surface area contributed by atoms with E-state index in [0.29, 0.717) is 28.0 Å². The second kappa shape index (κ2) is 9.40. The van der Waals surface area contributed by atoms with Crippen molar-refractivity contribution in [1.82, 2.24) is 10.4 Å². The Bertz CT molecular complexity index is 1320. The van der Waals surface area contributed by atoms with E-state index >= 15 is 0 Å². The lowest BCUT2D eigenvalue weighted by Gasteiger charge is -2.26. The second-order valence-electron chi connectivity index (χ2n) is 7.28. The summed E-state index contributed by atoms with van der Waals surface area (Å²) >= 11 is 0. The Balaban J connectivity index is 1.99. The molecule has 0 saturated heterocycles. The zero-order valence-corrected chi connectivity index (χ0v) is 18.5. The van der Waals surface area contributed by atoms with Crippen molar-refractivity contribution in [2.24, 2.45) is 0 Å². The maximum atomic E-state index is 14.1. The van der Waals surface area contributed by atoms with Gasteiger partial charge in [-0.1, -0.05) is 66.7 Å².